The molecule has 3 aromatic rings. The summed E-state index contributed by atoms with van der Waals surface area (Å²) in [4.78, 5) is 32.1. The molecule has 1 amide bonds. The number of carbonyl (C=O) groups excluding carboxylic acids is 1. The molecule has 0 fully saturated rings. The van der Waals surface area contributed by atoms with E-state index in [0.29, 0.717) is 21.9 Å². The lowest BCUT2D eigenvalue weighted by Crippen LogP contribution is -2.34. The Morgan fingerprint density at radius 1 is 1.45 bits per heavy atom. The summed E-state index contributed by atoms with van der Waals surface area (Å²) in [6.07, 6.45) is 5.88. The molecule has 0 spiro atoms. The van der Waals surface area contributed by atoms with Crippen molar-refractivity contribution < 1.29 is 4.79 Å². The predicted octanol–water partition coefficient (Wildman–Crippen LogP) is 3.95. The van der Waals surface area contributed by atoms with E-state index in [9.17, 15) is 9.59 Å². The number of aryl methyl sites for hydroxylation is 1. The highest BCUT2D eigenvalue weighted by atomic mass is 35.5. The van der Waals surface area contributed by atoms with Crippen LogP contribution in [0.5, 0.6) is 0 Å². The van der Waals surface area contributed by atoms with E-state index in [1.165, 1.54) is 22.0 Å². The molecule has 0 saturated carbocycles. The van der Waals surface area contributed by atoms with Crippen LogP contribution in [0.1, 0.15) is 42.3 Å². The van der Waals surface area contributed by atoms with Crippen molar-refractivity contribution in [2.75, 3.05) is 0 Å². The number of hydrogen-bond donors (Lipinski definition) is 1. The summed E-state index contributed by atoms with van der Waals surface area (Å²) in [6, 6.07) is 6.46. The number of halogens is 1. The van der Waals surface area contributed by atoms with Crippen LogP contribution >= 0.6 is 22.9 Å². The van der Waals surface area contributed by atoms with Crippen LogP contribution in [0, 0.1) is 5.92 Å². The second-order valence-electron chi connectivity index (χ2n) is 7.42. The molecule has 1 aliphatic carbocycles. The second-order valence-corrected chi connectivity index (χ2v) is 8.91. The number of benzene rings is 1. The third-order valence-electron chi connectivity index (χ3n) is 5.32. The van der Waals surface area contributed by atoms with Gasteiger partial charge in [-0.1, -0.05) is 36.7 Å². The average molecular weight is 429 g/mol. The number of thiophene rings is 1. The Bertz CT molecular complexity index is 1170. The molecule has 0 aliphatic heterocycles. The number of rotatable bonds is 4. The average Bonchev–Trinajstić information content (AvgIpc) is 3.07. The van der Waals surface area contributed by atoms with E-state index in [4.69, 9.17) is 11.6 Å². The van der Waals surface area contributed by atoms with Crippen LogP contribution in [0.15, 0.2) is 40.5 Å². The van der Waals surface area contributed by atoms with Gasteiger partial charge in [0.25, 0.3) is 11.5 Å². The minimum Gasteiger partial charge on any atom is -0.286 e. The lowest BCUT2D eigenvalue weighted by Gasteiger charge is -2.18. The van der Waals surface area contributed by atoms with Crippen molar-refractivity contribution in [3.05, 3.63) is 62.0 Å². The maximum absolute atomic E-state index is 13.1. The molecule has 2 heterocycles. The van der Waals surface area contributed by atoms with Gasteiger partial charge in [-0.15, -0.1) is 11.3 Å². The Morgan fingerprint density at radius 2 is 2.24 bits per heavy atom. The smallest absolute Gasteiger partial charge is 0.263 e. The fourth-order valence-electron chi connectivity index (χ4n) is 3.58. The fourth-order valence-corrected chi connectivity index (χ4v) is 5.11. The quantitative estimate of drug-likeness (QED) is 0.505. The number of nitrogens with one attached hydrogen (secondary N) is 1. The summed E-state index contributed by atoms with van der Waals surface area (Å²) in [5, 5.41) is 5.17. The van der Waals surface area contributed by atoms with Crippen molar-refractivity contribution in [1.82, 2.24) is 15.0 Å². The molecule has 150 valence electrons. The Labute approximate surface area is 177 Å². The normalized spacial score (nSPS) is 17.4. The van der Waals surface area contributed by atoms with E-state index in [1.807, 2.05) is 12.1 Å². The molecule has 6 nitrogen and oxygen atoms in total. The molecule has 4 rings (SSSR count). The minimum atomic E-state index is -0.735. The summed E-state index contributed by atoms with van der Waals surface area (Å²) in [7, 11) is 0. The third-order valence-corrected chi connectivity index (χ3v) is 6.83. The standard InChI is InChI=1S/C21H21ClN4O2S/c1-12-7-8-15-17(9-12)29-20-18(15)21(28)26(11-23-20)13(2)19(27)25-24-10-14-5-3-4-6-16(14)22/h3-6,10-13H,7-9H2,1-2H3,(H,25,27)/b24-10+/t12-,13+/m0/s1. The molecular formula is C21H21ClN4O2S. The molecule has 8 heteroatoms. The van der Waals surface area contributed by atoms with Crippen molar-refractivity contribution in [2.45, 2.75) is 39.2 Å². The summed E-state index contributed by atoms with van der Waals surface area (Å²) in [6.45, 7) is 3.89. The maximum atomic E-state index is 13.1. The second kappa shape index (κ2) is 8.08. The van der Waals surface area contributed by atoms with E-state index in [1.54, 1.807) is 30.4 Å². The highest BCUT2D eigenvalue weighted by Gasteiger charge is 2.25. The highest BCUT2D eigenvalue weighted by molar-refractivity contribution is 7.18. The third kappa shape index (κ3) is 3.84. The van der Waals surface area contributed by atoms with Crippen LogP contribution in [-0.2, 0) is 17.6 Å². The van der Waals surface area contributed by atoms with Crippen molar-refractivity contribution >= 4 is 45.3 Å². The topological polar surface area (TPSA) is 76.3 Å². The largest absolute Gasteiger partial charge is 0.286 e. The summed E-state index contributed by atoms with van der Waals surface area (Å²) in [5.41, 5.74) is 4.12. The zero-order valence-electron chi connectivity index (χ0n) is 16.2. The van der Waals surface area contributed by atoms with Crippen molar-refractivity contribution in [1.29, 1.82) is 0 Å². The van der Waals surface area contributed by atoms with Crippen LogP contribution in [0.2, 0.25) is 5.02 Å². The van der Waals surface area contributed by atoms with Crippen molar-refractivity contribution in [2.24, 2.45) is 11.0 Å². The molecule has 0 saturated heterocycles. The first-order valence-corrected chi connectivity index (χ1v) is 10.7. The zero-order valence-corrected chi connectivity index (χ0v) is 17.8. The number of carbonyl (C=O) groups is 1. The van der Waals surface area contributed by atoms with E-state index in [-0.39, 0.29) is 5.56 Å². The van der Waals surface area contributed by atoms with Crippen LogP contribution in [0.4, 0.5) is 0 Å². The predicted molar refractivity (Wildman–Crippen MR) is 117 cm³/mol. The molecule has 29 heavy (non-hydrogen) atoms. The minimum absolute atomic E-state index is 0.167. The number of hydrazone groups is 1. The number of hydrogen-bond acceptors (Lipinski definition) is 5. The summed E-state index contributed by atoms with van der Waals surface area (Å²) in [5.74, 6) is 0.229. The van der Waals surface area contributed by atoms with E-state index in [2.05, 4.69) is 22.4 Å². The monoisotopic (exact) mass is 428 g/mol. The van der Waals surface area contributed by atoms with Crippen LogP contribution < -0.4 is 11.0 Å². The maximum Gasteiger partial charge on any atom is 0.263 e. The van der Waals surface area contributed by atoms with Gasteiger partial charge in [-0.2, -0.15) is 5.10 Å². The Balaban J connectivity index is 1.57. The van der Waals surface area contributed by atoms with Crippen molar-refractivity contribution in [3.63, 3.8) is 0 Å². The molecule has 1 aromatic carbocycles. The Hall–Kier alpha value is -2.51. The zero-order chi connectivity index (χ0) is 20.5. The van der Waals surface area contributed by atoms with Crippen LogP contribution in [0.25, 0.3) is 10.2 Å². The molecule has 0 unspecified atom stereocenters. The number of aromatic nitrogens is 2. The van der Waals surface area contributed by atoms with Gasteiger partial charge in [-0.25, -0.2) is 10.4 Å². The summed E-state index contributed by atoms with van der Waals surface area (Å²) >= 11 is 7.67. The van der Waals surface area contributed by atoms with E-state index >= 15 is 0 Å². The van der Waals surface area contributed by atoms with Gasteiger partial charge < -0.3 is 0 Å². The number of fused-ring (bicyclic) bond motifs is 3. The lowest BCUT2D eigenvalue weighted by molar-refractivity contribution is -0.123. The van der Waals surface area contributed by atoms with Crippen LogP contribution in [0.3, 0.4) is 0 Å². The molecule has 1 aliphatic rings. The molecule has 0 bridgehead atoms. The van der Waals surface area contributed by atoms with Gasteiger partial charge in [0.1, 0.15) is 10.9 Å². The molecular weight excluding hydrogens is 408 g/mol. The number of amides is 1. The van der Waals surface area contributed by atoms with Gasteiger partial charge in [-0.05, 0) is 43.7 Å². The Morgan fingerprint density at radius 3 is 3.03 bits per heavy atom. The summed E-state index contributed by atoms with van der Waals surface area (Å²) < 4.78 is 1.38. The lowest BCUT2D eigenvalue weighted by atomic mass is 9.89. The molecule has 1 N–H and O–H groups in total. The van der Waals surface area contributed by atoms with E-state index < -0.39 is 11.9 Å². The first-order valence-electron chi connectivity index (χ1n) is 9.54. The van der Waals surface area contributed by atoms with E-state index in [0.717, 1.165) is 29.7 Å². The molecule has 2 atom stereocenters. The molecule has 0 radical (unpaired) electrons. The first-order chi connectivity index (χ1) is 14.0. The van der Waals surface area contributed by atoms with Gasteiger partial charge in [0.15, 0.2) is 0 Å². The van der Waals surface area contributed by atoms with Crippen LogP contribution in [-0.4, -0.2) is 21.7 Å². The van der Waals surface area contributed by atoms with Gasteiger partial charge in [0.05, 0.1) is 17.9 Å². The fraction of sp³-hybridized carbons (Fsp3) is 0.333. The Kier molecular flexibility index (Phi) is 5.52. The van der Waals surface area contributed by atoms with Gasteiger partial charge in [-0.3, -0.25) is 14.2 Å². The highest BCUT2D eigenvalue weighted by Crippen LogP contribution is 2.35. The molecule has 2 aromatic heterocycles. The van der Waals surface area contributed by atoms with Gasteiger partial charge in [0, 0.05) is 15.5 Å². The van der Waals surface area contributed by atoms with Gasteiger partial charge in [0.2, 0.25) is 0 Å². The number of nitrogens with zero attached hydrogens (tertiary/aromatic N) is 3. The SMILES string of the molecule is C[C@H]1CCc2c(sc3ncn([C@H](C)C(=O)N/N=C/c4ccccc4Cl)c(=O)c23)C1. The van der Waals surface area contributed by atoms with Gasteiger partial charge >= 0.3 is 0 Å². The van der Waals surface area contributed by atoms with Crippen molar-refractivity contribution in [3.8, 4) is 0 Å². The first kappa shape index (κ1) is 19.8.